The normalized spacial score (nSPS) is 10.8. The molecule has 0 fully saturated rings. The smallest absolute Gasteiger partial charge is 0.295 e. The van der Waals surface area contributed by atoms with Crippen LogP contribution in [0.3, 0.4) is 0 Å². The number of Topliss-reactive ketones (excluding diaryl/α,β-unsaturated/α-hetero) is 1. The maximum Gasteiger partial charge on any atom is 0.298 e. The zero-order valence-electron chi connectivity index (χ0n) is 15.7. The Balaban J connectivity index is 1.73. The lowest BCUT2D eigenvalue weighted by Crippen LogP contribution is -2.22. The summed E-state index contributed by atoms with van der Waals surface area (Å²) in [7, 11) is 0. The van der Waals surface area contributed by atoms with Crippen LogP contribution >= 0.6 is 11.3 Å². The lowest BCUT2D eigenvalue weighted by Gasteiger charge is -2.02. The van der Waals surface area contributed by atoms with Crippen molar-refractivity contribution >= 4 is 28.2 Å². The van der Waals surface area contributed by atoms with Crippen LogP contribution in [-0.4, -0.2) is 26.5 Å². The fraction of sp³-hybridized carbons (Fsp3) is 0.300. The van der Waals surface area contributed by atoms with E-state index >= 15 is 0 Å². The summed E-state index contributed by atoms with van der Waals surface area (Å²) in [4.78, 5) is 30.0. The van der Waals surface area contributed by atoms with Crippen molar-refractivity contribution in [2.75, 3.05) is 5.32 Å². The van der Waals surface area contributed by atoms with E-state index in [9.17, 15) is 9.59 Å². The van der Waals surface area contributed by atoms with Gasteiger partial charge in [-0.2, -0.15) is 5.10 Å². The van der Waals surface area contributed by atoms with E-state index in [1.165, 1.54) is 23.1 Å². The van der Waals surface area contributed by atoms with Gasteiger partial charge in [-0.3, -0.25) is 19.6 Å². The molecule has 27 heavy (non-hydrogen) atoms. The molecule has 1 N–H and O–H groups in total. The highest BCUT2D eigenvalue weighted by atomic mass is 32.1. The number of rotatable bonds is 7. The summed E-state index contributed by atoms with van der Waals surface area (Å²) in [5, 5.41) is 7.06. The molecule has 0 spiro atoms. The monoisotopic (exact) mass is 382 g/mol. The van der Waals surface area contributed by atoms with Gasteiger partial charge in [0.25, 0.3) is 11.7 Å². The second kappa shape index (κ2) is 8.26. The molecular formula is C20H22N4O2S. The van der Waals surface area contributed by atoms with Gasteiger partial charge in [-0.15, -0.1) is 11.3 Å². The van der Waals surface area contributed by atoms with Crippen LogP contribution in [0.15, 0.2) is 36.7 Å². The number of hydrogen-bond donors (Lipinski definition) is 1. The minimum absolute atomic E-state index is 0.273. The zero-order chi connectivity index (χ0) is 19.4. The summed E-state index contributed by atoms with van der Waals surface area (Å²) in [6, 6.07) is 8.29. The lowest BCUT2D eigenvalue weighted by molar-refractivity contribution is -0.112. The Morgan fingerprint density at radius 1 is 1.19 bits per heavy atom. The molecule has 2 aromatic heterocycles. The first-order valence-electron chi connectivity index (χ1n) is 8.96. The number of nitrogens with zero attached hydrogens (tertiary/aromatic N) is 3. The molecule has 6 nitrogen and oxygen atoms in total. The molecule has 3 rings (SSSR count). The number of aromatic nitrogens is 3. The number of hydrogen-bond acceptors (Lipinski definition) is 5. The second-order valence-electron chi connectivity index (χ2n) is 6.24. The third kappa shape index (κ3) is 4.31. The number of thiazole rings is 1. The number of carbonyl (C=O) groups is 2. The van der Waals surface area contributed by atoms with Gasteiger partial charge < -0.3 is 0 Å². The molecule has 1 amide bonds. The highest BCUT2D eigenvalue weighted by Crippen LogP contribution is 2.30. The highest BCUT2D eigenvalue weighted by Gasteiger charge is 2.20. The average Bonchev–Trinajstić information content (AvgIpc) is 3.28. The largest absolute Gasteiger partial charge is 0.298 e. The van der Waals surface area contributed by atoms with Crippen LogP contribution in [0.25, 0.3) is 11.3 Å². The summed E-state index contributed by atoms with van der Waals surface area (Å²) < 4.78 is 1.61. The Morgan fingerprint density at radius 3 is 2.56 bits per heavy atom. The van der Waals surface area contributed by atoms with Gasteiger partial charge in [0.1, 0.15) is 0 Å². The van der Waals surface area contributed by atoms with Crippen molar-refractivity contribution in [2.45, 2.75) is 40.2 Å². The van der Waals surface area contributed by atoms with Crippen LogP contribution in [0, 0.1) is 6.92 Å². The summed E-state index contributed by atoms with van der Waals surface area (Å²) >= 11 is 1.36. The zero-order valence-corrected chi connectivity index (χ0v) is 16.5. The van der Waals surface area contributed by atoms with Crippen molar-refractivity contribution in [3.8, 4) is 11.3 Å². The number of amides is 1. The second-order valence-corrected chi connectivity index (χ2v) is 7.44. The topological polar surface area (TPSA) is 76.9 Å². The van der Waals surface area contributed by atoms with Crippen molar-refractivity contribution in [1.29, 1.82) is 0 Å². The average molecular weight is 382 g/mol. The maximum absolute atomic E-state index is 12.3. The SMILES string of the molecule is CCCc1ccc(-c2nc(NC(=O)C(=O)c3cnn(CC)c3)sc2C)cc1. The first kappa shape index (κ1) is 19.0. The fourth-order valence-corrected chi connectivity index (χ4v) is 3.61. The molecule has 0 aliphatic carbocycles. The van der Waals surface area contributed by atoms with Crippen LogP contribution in [-0.2, 0) is 17.8 Å². The molecule has 0 aliphatic heterocycles. The number of benzene rings is 1. The van der Waals surface area contributed by atoms with Crippen LogP contribution in [0.4, 0.5) is 5.13 Å². The maximum atomic E-state index is 12.3. The predicted octanol–water partition coefficient (Wildman–Crippen LogP) is 4.11. The van der Waals surface area contributed by atoms with Crippen molar-refractivity contribution in [3.05, 3.63) is 52.7 Å². The van der Waals surface area contributed by atoms with Crippen molar-refractivity contribution in [3.63, 3.8) is 0 Å². The Bertz CT molecular complexity index is 957. The van der Waals surface area contributed by atoms with Crippen molar-refractivity contribution < 1.29 is 9.59 Å². The third-order valence-corrected chi connectivity index (χ3v) is 5.09. The van der Waals surface area contributed by atoms with Gasteiger partial charge in [-0.1, -0.05) is 37.6 Å². The Hall–Kier alpha value is -2.80. The van der Waals surface area contributed by atoms with Gasteiger partial charge in [0.2, 0.25) is 0 Å². The molecule has 0 radical (unpaired) electrons. The van der Waals surface area contributed by atoms with E-state index in [4.69, 9.17) is 0 Å². The molecule has 0 bridgehead atoms. The van der Waals surface area contributed by atoms with Crippen LogP contribution in [0.1, 0.15) is 41.1 Å². The molecule has 3 aromatic rings. The molecule has 0 saturated heterocycles. The van der Waals surface area contributed by atoms with Crippen molar-refractivity contribution in [1.82, 2.24) is 14.8 Å². The molecule has 0 saturated carbocycles. The molecule has 0 unspecified atom stereocenters. The van der Waals surface area contributed by atoms with Crippen LogP contribution in [0.2, 0.25) is 0 Å². The van der Waals surface area contributed by atoms with Crippen molar-refractivity contribution in [2.24, 2.45) is 0 Å². The minimum atomic E-state index is -0.704. The number of ketones is 1. The summed E-state index contributed by atoms with van der Waals surface area (Å²) in [5.74, 6) is -1.32. The van der Waals surface area contributed by atoms with E-state index in [1.807, 2.05) is 26.0 Å². The third-order valence-electron chi connectivity index (χ3n) is 4.21. The van der Waals surface area contributed by atoms with Gasteiger partial charge in [0.15, 0.2) is 5.13 Å². The van der Waals surface area contributed by atoms with Gasteiger partial charge in [-0.05, 0) is 25.8 Å². The Kier molecular flexibility index (Phi) is 5.81. The number of anilines is 1. The van der Waals surface area contributed by atoms with E-state index < -0.39 is 11.7 Å². The number of aryl methyl sites for hydroxylation is 3. The predicted molar refractivity (Wildman–Crippen MR) is 107 cm³/mol. The molecular weight excluding hydrogens is 360 g/mol. The molecule has 7 heteroatoms. The lowest BCUT2D eigenvalue weighted by atomic mass is 10.1. The van der Waals surface area contributed by atoms with Gasteiger partial charge in [0.05, 0.1) is 17.5 Å². The Morgan fingerprint density at radius 2 is 1.93 bits per heavy atom. The van der Waals surface area contributed by atoms with E-state index in [0.29, 0.717) is 11.7 Å². The molecule has 0 aliphatic rings. The quantitative estimate of drug-likeness (QED) is 0.493. The molecule has 0 atom stereocenters. The fourth-order valence-electron chi connectivity index (χ4n) is 2.77. The summed E-state index contributed by atoms with van der Waals surface area (Å²) in [5.41, 5.74) is 3.39. The van der Waals surface area contributed by atoms with Gasteiger partial charge in [0, 0.05) is 23.2 Å². The molecule has 2 heterocycles. The molecule has 1 aromatic carbocycles. The van der Waals surface area contributed by atoms with Gasteiger partial charge in [-0.25, -0.2) is 4.98 Å². The Labute approximate surface area is 162 Å². The first-order chi connectivity index (χ1) is 13.0. The number of nitrogens with one attached hydrogen (secondary N) is 1. The van der Waals surface area contributed by atoms with E-state index in [2.05, 4.69) is 34.5 Å². The first-order valence-corrected chi connectivity index (χ1v) is 9.78. The van der Waals surface area contributed by atoms with Gasteiger partial charge >= 0.3 is 0 Å². The van der Waals surface area contributed by atoms with E-state index in [0.717, 1.165) is 29.0 Å². The summed E-state index contributed by atoms with van der Waals surface area (Å²) in [6.45, 7) is 6.66. The standard InChI is InChI=1S/C20H22N4O2S/c1-4-6-14-7-9-15(10-8-14)17-13(3)27-20(22-17)23-19(26)18(25)16-11-21-24(5-2)12-16/h7-12H,4-6H2,1-3H3,(H,22,23,26). The van der Waals surface area contributed by atoms with E-state index in [-0.39, 0.29) is 5.56 Å². The van der Waals surface area contributed by atoms with Crippen LogP contribution < -0.4 is 5.32 Å². The van der Waals surface area contributed by atoms with Crippen LogP contribution in [0.5, 0.6) is 0 Å². The molecule has 140 valence electrons. The minimum Gasteiger partial charge on any atom is -0.295 e. The summed E-state index contributed by atoms with van der Waals surface area (Å²) in [6.07, 6.45) is 5.13. The number of carbonyl (C=O) groups excluding carboxylic acids is 2. The van der Waals surface area contributed by atoms with E-state index in [1.54, 1.807) is 10.9 Å². The highest BCUT2D eigenvalue weighted by molar-refractivity contribution is 7.16.